The van der Waals surface area contributed by atoms with Gasteiger partial charge in [0.25, 0.3) is 0 Å². The van der Waals surface area contributed by atoms with Crippen LogP contribution in [0.3, 0.4) is 0 Å². The van der Waals surface area contributed by atoms with Crippen LogP contribution in [0.1, 0.15) is 17.4 Å². The highest BCUT2D eigenvalue weighted by Crippen LogP contribution is 2.23. The Kier molecular flexibility index (Phi) is 3.63. The summed E-state index contributed by atoms with van der Waals surface area (Å²) in [5.41, 5.74) is 1.22. The van der Waals surface area contributed by atoms with Crippen LogP contribution >= 0.6 is 27.7 Å². The van der Waals surface area contributed by atoms with Crippen molar-refractivity contribution in [2.24, 2.45) is 0 Å². The molecule has 6 heteroatoms. The maximum atomic E-state index is 13.0. The first-order valence-corrected chi connectivity index (χ1v) is 6.08. The second kappa shape index (κ2) is 4.99. The van der Waals surface area contributed by atoms with Crippen LogP contribution in [0.5, 0.6) is 0 Å². The molecule has 0 saturated heterocycles. The molecule has 0 aliphatic rings. The number of halogens is 2. The minimum atomic E-state index is -0.753. The molecule has 0 saturated carbocycles. The lowest BCUT2D eigenvalue weighted by atomic mass is 10.1. The molecule has 2 aromatic rings. The molecule has 1 N–H and O–H groups in total. The largest absolute Gasteiger partial charge is 0.386 e. The first-order valence-electron chi connectivity index (χ1n) is 4.56. The highest BCUT2D eigenvalue weighted by Gasteiger charge is 2.13. The van der Waals surface area contributed by atoms with Gasteiger partial charge in [-0.2, -0.15) is 8.75 Å². The average molecular weight is 303 g/mol. The summed E-state index contributed by atoms with van der Waals surface area (Å²) in [5, 5.41) is 9.84. The molecule has 1 atom stereocenters. The monoisotopic (exact) mass is 302 g/mol. The van der Waals surface area contributed by atoms with E-state index in [4.69, 9.17) is 0 Å². The molecule has 0 spiro atoms. The van der Waals surface area contributed by atoms with E-state index in [0.29, 0.717) is 17.7 Å². The van der Waals surface area contributed by atoms with E-state index >= 15 is 0 Å². The van der Waals surface area contributed by atoms with Crippen molar-refractivity contribution in [3.05, 3.63) is 45.9 Å². The fraction of sp³-hybridized carbons (Fsp3) is 0.200. The lowest BCUT2D eigenvalue weighted by Gasteiger charge is -2.09. The minimum Gasteiger partial charge on any atom is -0.386 e. The van der Waals surface area contributed by atoms with Crippen molar-refractivity contribution in [1.29, 1.82) is 0 Å². The Morgan fingerprint density at radius 2 is 2.31 bits per heavy atom. The molecule has 1 aromatic heterocycles. The van der Waals surface area contributed by atoms with Gasteiger partial charge >= 0.3 is 0 Å². The van der Waals surface area contributed by atoms with Gasteiger partial charge in [0.2, 0.25) is 0 Å². The Bertz CT molecular complexity index is 478. The van der Waals surface area contributed by atoms with E-state index < -0.39 is 6.10 Å². The number of nitrogens with zero attached hydrogens (tertiary/aromatic N) is 2. The molecule has 0 bridgehead atoms. The zero-order valence-electron chi connectivity index (χ0n) is 8.10. The SMILES string of the molecule is OC(Cc1cc(F)ccc1Br)c1cnsn1. The lowest BCUT2D eigenvalue weighted by molar-refractivity contribution is 0.174. The maximum absolute atomic E-state index is 13.0. The zero-order valence-corrected chi connectivity index (χ0v) is 10.5. The second-order valence-corrected chi connectivity index (χ2v) is 4.70. The van der Waals surface area contributed by atoms with E-state index in [2.05, 4.69) is 24.7 Å². The fourth-order valence-electron chi connectivity index (χ4n) is 1.33. The lowest BCUT2D eigenvalue weighted by Crippen LogP contribution is -2.03. The van der Waals surface area contributed by atoms with Crippen LogP contribution in [0, 0.1) is 5.82 Å². The normalized spacial score (nSPS) is 12.7. The van der Waals surface area contributed by atoms with E-state index in [1.54, 1.807) is 6.07 Å². The fourth-order valence-corrected chi connectivity index (χ4v) is 2.21. The van der Waals surface area contributed by atoms with Gasteiger partial charge in [0.15, 0.2) is 0 Å². The Balaban J connectivity index is 2.17. The summed E-state index contributed by atoms with van der Waals surface area (Å²) in [6, 6.07) is 4.38. The van der Waals surface area contributed by atoms with Crippen LogP contribution in [0.25, 0.3) is 0 Å². The van der Waals surface area contributed by atoms with Gasteiger partial charge in [-0.05, 0) is 23.8 Å². The second-order valence-electron chi connectivity index (χ2n) is 3.29. The summed E-state index contributed by atoms with van der Waals surface area (Å²) in [4.78, 5) is 0. The van der Waals surface area contributed by atoms with Crippen molar-refractivity contribution >= 4 is 27.7 Å². The van der Waals surface area contributed by atoms with E-state index in [1.807, 2.05) is 0 Å². The number of aliphatic hydroxyl groups excluding tert-OH is 1. The van der Waals surface area contributed by atoms with Gasteiger partial charge in [-0.3, -0.25) is 0 Å². The molecule has 1 unspecified atom stereocenters. The first kappa shape index (κ1) is 11.6. The van der Waals surface area contributed by atoms with Crippen molar-refractivity contribution in [1.82, 2.24) is 8.75 Å². The zero-order chi connectivity index (χ0) is 11.5. The molecule has 84 valence electrons. The molecule has 0 radical (unpaired) electrons. The quantitative estimate of drug-likeness (QED) is 0.948. The van der Waals surface area contributed by atoms with Gasteiger partial charge in [0, 0.05) is 10.9 Å². The molecule has 0 aliphatic carbocycles. The van der Waals surface area contributed by atoms with Crippen LogP contribution in [-0.4, -0.2) is 13.9 Å². The van der Waals surface area contributed by atoms with Crippen molar-refractivity contribution < 1.29 is 9.50 Å². The molecule has 1 heterocycles. The number of aliphatic hydroxyl groups is 1. The van der Waals surface area contributed by atoms with Crippen molar-refractivity contribution in [3.8, 4) is 0 Å². The number of rotatable bonds is 3. The van der Waals surface area contributed by atoms with Crippen LogP contribution in [-0.2, 0) is 6.42 Å². The van der Waals surface area contributed by atoms with Crippen LogP contribution in [0.15, 0.2) is 28.9 Å². The summed E-state index contributed by atoms with van der Waals surface area (Å²) in [6.45, 7) is 0. The molecule has 1 aromatic carbocycles. The van der Waals surface area contributed by atoms with Crippen molar-refractivity contribution in [3.63, 3.8) is 0 Å². The predicted molar refractivity (Wildman–Crippen MR) is 62.7 cm³/mol. The van der Waals surface area contributed by atoms with Crippen LogP contribution in [0.4, 0.5) is 4.39 Å². The summed E-state index contributed by atoms with van der Waals surface area (Å²) >= 11 is 4.35. The third-order valence-electron chi connectivity index (χ3n) is 2.14. The number of hydrogen-bond acceptors (Lipinski definition) is 4. The summed E-state index contributed by atoms with van der Waals surface area (Å²) < 4.78 is 21.5. The van der Waals surface area contributed by atoms with E-state index in [1.165, 1.54) is 18.3 Å². The van der Waals surface area contributed by atoms with E-state index in [0.717, 1.165) is 16.2 Å². The molecule has 2 rings (SSSR count). The van der Waals surface area contributed by atoms with Gasteiger partial charge in [0.1, 0.15) is 17.6 Å². The van der Waals surface area contributed by atoms with Crippen molar-refractivity contribution in [2.75, 3.05) is 0 Å². The van der Waals surface area contributed by atoms with E-state index in [9.17, 15) is 9.50 Å². The number of benzene rings is 1. The highest BCUT2D eigenvalue weighted by molar-refractivity contribution is 9.10. The summed E-state index contributed by atoms with van der Waals surface area (Å²) in [5.74, 6) is -0.318. The summed E-state index contributed by atoms with van der Waals surface area (Å²) in [7, 11) is 0. The Morgan fingerprint density at radius 1 is 1.50 bits per heavy atom. The van der Waals surface area contributed by atoms with Crippen molar-refractivity contribution in [2.45, 2.75) is 12.5 Å². The van der Waals surface area contributed by atoms with Crippen LogP contribution < -0.4 is 0 Å². The van der Waals surface area contributed by atoms with Crippen LogP contribution in [0.2, 0.25) is 0 Å². The molecular weight excluding hydrogens is 295 g/mol. The Labute approximate surface area is 104 Å². The molecular formula is C10H8BrFN2OS. The Hall–Kier alpha value is -0.850. The number of aromatic nitrogens is 2. The van der Waals surface area contributed by atoms with Gasteiger partial charge in [-0.1, -0.05) is 15.9 Å². The van der Waals surface area contributed by atoms with Gasteiger partial charge in [-0.25, -0.2) is 4.39 Å². The van der Waals surface area contributed by atoms with Gasteiger partial charge < -0.3 is 5.11 Å². The van der Waals surface area contributed by atoms with Gasteiger partial charge in [0.05, 0.1) is 17.9 Å². The predicted octanol–water partition coefficient (Wildman–Crippen LogP) is 2.72. The smallest absolute Gasteiger partial charge is 0.123 e. The van der Waals surface area contributed by atoms with Gasteiger partial charge in [-0.15, -0.1) is 0 Å². The minimum absolute atomic E-state index is 0.309. The maximum Gasteiger partial charge on any atom is 0.123 e. The molecule has 16 heavy (non-hydrogen) atoms. The molecule has 0 amide bonds. The first-order chi connectivity index (χ1) is 7.66. The number of hydrogen-bond donors (Lipinski definition) is 1. The molecule has 3 nitrogen and oxygen atoms in total. The average Bonchev–Trinajstić information content (AvgIpc) is 2.76. The molecule has 0 fully saturated rings. The highest BCUT2D eigenvalue weighted by atomic mass is 79.9. The third kappa shape index (κ3) is 2.63. The third-order valence-corrected chi connectivity index (χ3v) is 3.41. The Morgan fingerprint density at radius 3 is 3.00 bits per heavy atom. The standard InChI is InChI=1S/C10H8BrFN2OS/c11-8-2-1-7(12)3-6(8)4-10(15)9-5-13-16-14-9/h1-3,5,10,15H,4H2. The summed E-state index contributed by atoms with van der Waals surface area (Å²) in [6.07, 6.45) is 1.07. The van der Waals surface area contributed by atoms with E-state index in [-0.39, 0.29) is 5.82 Å². The molecule has 0 aliphatic heterocycles. The topological polar surface area (TPSA) is 46.0 Å².